The van der Waals surface area contributed by atoms with E-state index in [4.69, 9.17) is 4.42 Å². The second-order valence-electron chi connectivity index (χ2n) is 3.29. The highest BCUT2D eigenvalue weighted by atomic mass is 32.2. The number of ketones is 1. The fourth-order valence-corrected chi connectivity index (χ4v) is 2.46. The van der Waals surface area contributed by atoms with Crippen molar-refractivity contribution in [3.05, 3.63) is 24.2 Å². The zero-order valence-electron chi connectivity index (χ0n) is 7.94. The Hall–Kier alpha value is -0.740. The molecular formula is C10H13NO2S. The summed E-state index contributed by atoms with van der Waals surface area (Å²) in [7, 11) is 0. The van der Waals surface area contributed by atoms with Crippen molar-refractivity contribution < 1.29 is 9.21 Å². The van der Waals surface area contributed by atoms with Crippen molar-refractivity contribution >= 4 is 17.5 Å². The monoisotopic (exact) mass is 211 g/mol. The molecule has 0 radical (unpaired) electrons. The molecule has 2 rings (SSSR count). The van der Waals surface area contributed by atoms with Crippen LogP contribution in [0.5, 0.6) is 0 Å². The second kappa shape index (κ2) is 4.66. The van der Waals surface area contributed by atoms with Gasteiger partial charge in [-0.05, 0) is 12.1 Å². The Morgan fingerprint density at radius 2 is 2.29 bits per heavy atom. The maximum absolute atomic E-state index is 11.6. The van der Waals surface area contributed by atoms with E-state index in [1.807, 2.05) is 11.8 Å². The Balaban J connectivity index is 1.87. The molecule has 0 unspecified atom stereocenters. The van der Waals surface area contributed by atoms with Crippen LogP contribution >= 0.6 is 11.8 Å². The molecule has 14 heavy (non-hydrogen) atoms. The van der Waals surface area contributed by atoms with Crippen molar-refractivity contribution in [3.8, 4) is 0 Å². The van der Waals surface area contributed by atoms with Gasteiger partial charge in [0.1, 0.15) is 0 Å². The number of hydrogen-bond donors (Lipinski definition) is 0. The summed E-state index contributed by atoms with van der Waals surface area (Å²) >= 11 is 1.95. The van der Waals surface area contributed by atoms with Gasteiger partial charge in [0.2, 0.25) is 5.78 Å². The van der Waals surface area contributed by atoms with Crippen molar-refractivity contribution in [1.29, 1.82) is 0 Å². The molecule has 0 aliphatic carbocycles. The number of hydrogen-bond acceptors (Lipinski definition) is 4. The Bertz CT molecular complexity index is 291. The highest BCUT2D eigenvalue weighted by molar-refractivity contribution is 7.99. The highest BCUT2D eigenvalue weighted by Gasteiger charge is 2.16. The zero-order chi connectivity index (χ0) is 9.80. The summed E-state index contributed by atoms with van der Waals surface area (Å²) in [6.07, 6.45) is 1.54. The fourth-order valence-electron chi connectivity index (χ4n) is 1.48. The van der Waals surface area contributed by atoms with Crippen LogP contribution in [-0.4, -0.2) is 41.8 Å². The summed E-state index contributed by atoms with van der Waals surface area (Å²) in [5.41, 5.74) is 0. The summed E-state index contributed by atoms with van der Waals surface area (Å²) < 4.78 is 5.06. The van der Waals surface area contributed by atoms with Crippen molar-refractivity contribution in [2.24, 2.45) is 0 Å². The molecule has 1 aliphatic heterocycles. The van der Waals surface area contributed by atoms with Gasteiger partial charge in [-0.1, -0.05) is 0 Å². The van der Waals surface area contributed by atoms with E-state index in [9.17, 15) is 4.79 Å². The molecule has 1 aromatic heterocycles. The minimum Gasteiger partial charge on any atom is -0.461 e. The lowest BCUT2D eigenvalue weighted by molar-refractivity contribution is 0.0910. The van der Waals surface area contributed by atoms with Gasteiger partial charge in [0.25, 0.3) is 0 Å². The molecule has 0 spiro atoms. The van der Waals surface area contributed by atoms with Gasteiger partial charge in [-0.3, -0.25) is 9.69 Å². The second-order valence-corrected chi connectivity index (χ2v) is 4.51. The van der Waals surface area contributed by atoms with E-state index in [1.54, 1.807) is 18.4 Å². The van der Waals surface area contributed by atoms with Crippen molar-refractivity contribution in [2.45, 2.75) is 0 Å². The van der Waals surface area contributed by atoms with E-state index in [0.717, 1.165) is 24.6 Å². The minimum atomic E-state index is 0.0851. The van der Waals surface area contributed by atoms with Gasteiger partial charge >= 0.3 is 0 Å². The molecule has 0 atom stereocenters. The maximum atomic E-state index is 11.6. The number of furan rings is 1. The number of carbonyl (C=O) groups is 1. The lowest BCUT2D eigenvalue weighted by Crippen LogP contribution is -2.36. The van der Waals surface area contributed by atoms with Crippen molar-refractivity contribution in [3.63, 3.8) is 0 Å². The Labute approximate surface area is 87.5 Å². The molecule has 0 N–H and O–H groups in total. The summed E-state index contributed by atoms with van der Waals surface area (Å²) in [6.45, 7) is 2.52. The number of Topliss-reactive ketones (excluding diaryl/α,β-unsaturated/α-hetero) is 1. The van der Waals surface area contributed by atoms with Crippen LogP contribution in [0, 0.1) is 0 Å². The number of nitrogens with zero attached hydrogens (tertiary/aromatic N) is 1. The third-order valence-electron chi connectivity index (χ3n) is 2.27. The molecule has 1 aliphatic rings. The Morgan fingerprint density at radius 3 is 2.93 bits per heavy atom. The smallest absolute Gasteiger partial charge is 0.211 e. The standard InChI is InChI=1S/C10H13NO2S/c12-9(10-2-1-5-13-10)8-11-3-6-14-7-4-11/h1-2,5H,3-4,6-8H2. The van der Waals surface area contributed by atoms with E-state index in [2.05, 4.69) is 4.90 Å². The molecule has 0 aromatic carbocycles. The molecular weight excluding hydrogens is 198 g/mol. The van der Waals surface area contributed by atoms with Gasteiger partial charge < -0.3 is 4.42 Å². The molecule has 3 nitrogen and oxygen atoms in total. The number of rotatable bonds is 3. The van der Waals surface area contributed by atoms with Gasteiger partial charge in [0.05, 0.1) is 12.8 Å². The van der Waals surface area contributed by atoms with E-state index in [0.29, 0.717) is 12.3 Å². The van der Waals surface area contributed by atoms with Crippen LogP contribution in [0.3, 0.4) is 0 Å². The summed E-state index contributed by atoms with van der Waals surface area (Å²) in [5.74, 6) is 2.82. The highest BCUT2D eigenvalue weighted by Crippen LogP contribution is 2.10. The zero-order valence-corrected chi connectivity index (χ0v) is 8.76. The molecule has 76 valence electrons. The van der Waals surface area contributed by atoms with Crippen LogP contribution in [0.4, 0.5) is 0 Å². The average Bonchev–Trinajstić information content (AvgIpc) is 2.72. The lowest BCUT2D eigenvalue weighted by atomic mass is 10.3. The predicted molar refractivity (Wildman–Crippen MR) is 56.8 cm³/mol. The van der Waals surface area contributed by atoms with Gasteiger partial charge in [0, 0.05) is 24.6 Å². The van der Waals surface area contributed by atoms with E-state index >= 15 is 0 Å². The van der Waals surface area contributed by atoms with Crippen LogP contribution in [-0.2, 0) is 0 Å². The van der Waals surface area contributed by atoms with E-state index in [-0.39, 0.29) is 5.78 Å². The normalized spacial score (nSPS) is 18.3. The maximum Gasteiger partial charge on any atom is 0.211 e. The van der Waals surface area contributed by atoms with Crippen LogP contribution in [0.2, 0.25) is 0 Å². The Morgan fingerprint density at radius 1 is 1.50 bits per heavy atom. The van der Waals surface area contributed by atoms with Crippen LogP contribution in [0.1, 0.15) is 10.6 Å². The third kappa shape index (κ3) is 2.39. The first-order valence-corrected chi connectivity index (χ1v) is 5.88. The van der Waals surface area contributed by atoms with Crippen LogP contribution in [0.25, 0.3) is 0 Å². The van der Waals surface area contributed by atoms with E-state index < -0.39 is 0 Å². The summed E-state index contributed by atoms with van der Waals surface area (Å²) in [6, 6.07) is 3.47. The summed E-state index contributed by atoms with van der Waals surface area (Å²) in [5, 5.41) is 0. The Kier molecular flexibility index (Phi) is 3.26. The van der Waals surface area contributed by atoms with Gasteiger partial charge in [-0.15, -0.1) is 0 Å². The fraction of sp³-hybridized carbons (Fsp3) is 0.500. The molecule has 1 saturated heterocycles. The predicted octanol–water partition coefficient (Wildman–Crippen LogP) is 1.51. The van der Waals surface area contributed by atoms with E-state index in [1.165, 1.54) is 0 Å². The molecule has 2 heterocycles. The minimum absolute atomic E-state index is 0.0851. The largest absolute Gasteiger partial charge is 0.461 e. The van der Waals surface area contributed by atoms with Crippen LogP contribution in [0.15, 0.2) is 22.8 Å². The van der Waals surface area contributed by atoms with Crippen molar-refractivity contribution in [1.82, 2.24) is 4.90 Å². The SMILES string of the molecule is O=C(CN1CCSCC1)c1ccco1. The van der Waals surface area contributed by atoms with Crippen molar-refractivity contribution in [2.75, 3.05) is 31.1 Å². The first-order chi connectivity index (χ1) is 6.86. The average molecular weight is 211 g/mol. The molecule has 4 heteroatoms. The van der Waals surface area contributed by atoms with Gasteiger partial charge in [0.15, 0.2) is 5.76 Å². The molecule has 1 aromatic rings. The quantitative estimate of drug-likeness (QED) is 0.710. The number of carbonyl (C=O) groups excluding carboxylic acids is 1. The van der Waals surface area contributed by atoms with Crippen LogP contribution < -0.4 is 0 Å². The topological polar surface area (TPSA) is 33.5 Å². The molecule has 1 fully saturated rings. The first-order valence-electron chi connectivity index (χ1n) is 4.73. The third-order valence-corrected chi connectivity index (χ3v) is 3.21. The summed E-state index contributed by atoms with van der Waals surface area (Å²) in [4.78, 5) is 13.8. The number of thioether (sulfide) groups is 1. The molecule has 0 saturated carbocycles. The van der Waals surface area contributed by atoms with Gasteiger partial charge in [-0.2, -0.15) is 11.8 Å². The molecule has 0 amide bonds. The molecule has 0 bridgehead atoms. The van der Waals surface area contributed by atoms with Gasteiger partial charge in [-0.25, -0.2) is 0 Å². The first kappa shape index (κ1) is 9.80. The lowest BCUT2D eigenvalue weighted by Gasteiger charge is -2.24.